The lowest BCUT2D eigenvalue weighted by atomic mass is 10.1. The number of carbonyl (C=O) groups is 1. The Morgan fingerprint density at radius 2 is 2.26 bits per heavy atom. The van der Waals surface area contributed by atoms with Crippen LogP contribution >= 0.6 is 0 Å². The maximum atomic E-state index is 12.2. The van der Waals surface area contributed by atoms with E-state index in [4.69, 9.17) is 4.74 Å². The monoisotopic (exact) mass is 261 g/mol. The van der Waals surface area contributed by atoms with Gasteiger partial charge in [0.15, 0.2) is 0 Å². The number of hydrogen-bond donors (Lipinski definition) is 2. The lowest BCUT2D eigenvalue weighted by Crippen LogP contribution is -2.58. The molecule has 0 aliphatic carbocycles. The van der Waals surface area contributed by atoms with E-state index in [9.17, 15) is 4.79 Å². The first-order valence-corrected chi connectivity index (χ1v) is 6.74. The van der Waals surface area contributed by atoms with Gasteiger partial charge < -0.3 is 20.3 Å². The minimum Gasteiger partial charge on any atom is -0.489 e. The predicted molar refractivity (Wildman–Crippen MR) is 74.8 cm³/mol. The molecule has 1 unspecified atom stereocenters. The van der Waals surface area contributed by atoms with E-state index in [2.05, 4.69) is 15.5 Å². The molecule has 0 radical (unpaired) electrons. The molecule has 5 nitrogen and oxygen atoms in total. The summed E-state index contributed by atoms with van der Waals surface area (Å²) in [5.74, 6) is 0.789. The van der Waals surface area contributed by atoms with Gasteiger partial charge in [0.2, 0.25) is 5.91 Å². The van der Waals surface area contributed by atoms with Crippen LogP contribution in [0.1, 0.15) is 13.8 Å². The molecule has 2 aliphatic heterocycles. The fraction of sp³-hybridized carbons (Fsp3) is 0.500. The van der Waals surface area contributed by atoms with E-state index < -0.39 is 0 Å². The normalized spacial score (nSPS) is 21.7. The van der Waals surface area contributed by atoms with E-state index in [1.165, 1.54) is 0 Å². The number of ether oxygens (including phenoxy) is 1. The standard InChI is InChI=1S/C14H19N3O2/c1-9(2)19-12-5-3-4-10-13(12)16-14(18)11-8-15-6-7-17(10)11/h3-5,9,11,15H,6-8H2,1-2H3,(H,16,18). The number of rotatable bonds is 2. The van der Waals surface area contributed by atoms with E-state index in [1.807, 2.05) is 32.0 Å². The quantitative estimate of drug-likeness (QED) is 0.840. The van der Waals surface area contributed by atoms with Crippen molar-refractivity contribution in [1.29, 1.82) is 0 Å². The SMILES string of the molecule is CC(C)Oc1cccc2c1NC(=O)C1CNCCN21. The van der Waals surface area contributed by atoms with E-state index in [1.54, 1.807) is 0 Å². The summed E-state index contributed by atoms with van der Waals surface area (Å²) in [6.45, 7) is 6.41. The average Bonchev–Trinajstić information content (AvgIpc) is 2.40. The molecule has 1 fully saturated rings. The predicted octanol–water partition coefficient (Wildman–Crippen LogP) is 1.20. The molecule has 2 N–H and O–H groups in total. The molecule has 1 amide bonds. The molecule has 19 heavy (non-hydrogen) atoms. The van der Waals surface area contributed by atoms with Crippen LogP contribution < -0.4 is 20.3 Å². The van der Waals surface area contributed by atoms with E-state index in [0.717, 1.165) is 30.2 Å². The number of nitrogens with one attached hydrogen (secondary N) is 2. The van der Waals surface area contributed by atoms with Crippen molar-refractivity contribution in [2.75, 3.05) is 29.9 Å². The smallest absolute Gasteiger partial charge is 0.248 e. The maximum absolute atomic E-state index is 12.2. The Balaban J connectivity index is 2.01. The Labute approximate surface area is 112 Å². The second kappa shape index (κ2) is 4.74. The molecular weight excluding hydrogens is 242 g/mol. The third kappa shape index (κ3) is 2.14. The minimum absolute atomic E-state index is 0.0412. The largest absolute Gasteiger partial charge is 0.489 e. The molecule has 102 valence electrons. The van der Waals surface area contributed by atoms with Gasteiger partial charge in [0, 0.05) is 19.6 Å². The number of hydrogen-bond acceptors (Lipinski definition) is 4. The van der Waals surface area contributed by atoms with Crippen LogP contribution in [0.5, 0.6) is 5.75 Å². The van der Waals surface area contributed by atoms with Crippen LogP contribution in [0.15, 0.2) is 18.2 Å². The van der Waals surface area contributed by atoms with Crippen molar-refractivity contribution in [3.05, 3.63) is 18.2 Å². The first kappa shape index (κ1) is 12.3. The van der Waals surface area contributed by atoms with Gasteiger partial charge in [-0.15, -0.1) is 0 Å². The molecule has 1 aromatic rings. The highest BCUT2D eigenvalue weighted by molar-refractivity contribution is 6.05. The van der Waals surface area contributed by atoms with Gasteiger partial charge in [0.1, 0.15) is 17.5 Å². The summed E-state index contributed by atoms with van der Waals surface area (Å²) < 4.78 is 5.78. The van der Waals surface area contributed by atoms with Gasteiger partial charge in [-0.3, -0.25) is 4.79 Å². The van der Waals surface area contributed by atoms with Crippen LogP contribution in [0, 0.1) is 0 Å². The van der Waals surface area contributed by atoms with Crippen molar-refractivity contribution in [3.63, 3.8) is 0 Å². The van der Waals surface area contributed by atoms with E-state index in [-0.39, 0.29) is 18.1 Å². The Kier molecular flexibility index (Phi) is 3.06. The molecule has 5 heteroatoms. The molecule has 3 rings (SSSR count). The van der Waals surface area contributed by atoms with Crippen LogP contribution in [-0.4, -0.2) is 37.7 Å². The summed E-state index contributed by atoms with van der Waals surface area (Å²) >= 11 is 0. The Morgan fingerprint density at radius 1 is 1.42 bits per heavy atom. The van der Waals surface area contributed by atoms with Crippen molar-refractivity contribution < 1.29 is 9.53 Å². The van der Waals surface area contributed by atoms with Gasteiger partial charge in [-0.05, 0) is 26.0 Å². The van der Waals surface area contributed by atoms with Crippen LogP contribution in [0.2, 0.25) is 0 Å². The molecule has 2 heterocycles. The van der Waals surface area contributed by atoms with E-state index in [0.29, 0.717) is 6.54 Å². The van der Waals surface area contributed by atoms with Gasteiger partial charge in [0.05, 0.1) is 11.8 Å². The minimum atomic E-state index is -0.115. The first-order chi connectivity index (χ1) is 9.16. The second-order valence-electron chi connectivity index (χ2n) is 5.22. The topological polar surface area (TPSA) is 53.6 Å². The average molecular weight is 261 g/mol. The van der Waals surface area contributed by atoms with Crippen molar-refractivity contribution in [2.45, 2.75) is 26.0 Å². The van der Waals surface area contributed by atoms with Crippen molar-refractivity contribution in [3.8, 4) is 5.75 Å². The number of amides is 1. The lowest BCUT2D eigenvalue weighted by molar-refractivity contribution is -0.117. The number of para-hydroxylation sites is 1. The molecule has 1 saturated heterocycles. The molecular formula is C14H19N3O2. The fourth-order valence-electron chi connectivity index (χ4n) is 2.67. The second-order valence-corrected chi connectivity index (χ2v) is 5.22. The number of fused-ring (bicyclic) bond motifs is 3. The summed E-state index contributed by atoms with van der Waals surface area (Å²) in [5.41, 5.74) is 1.86. The molecule has 1 aromatic carbocycles. The van der Waals surface area contributed by atoms with Gasteiger partial charge >= 0.3 is 0 Å². The molecule has 2 aliphatic rings. The zero-order valence-electron chi connectivity index (χ0n) is 11.3. The molecule has 0 saturated carbocycles. The number of nitrogens with zero attached hydrogens (tertiary/aromatic N) is 1. The zero-order valence-corrected chi connectivity index (χ0v) is 11.3. The van der Waals surface area contributed by atoms with Gasteiger partial charge in [-0.25, -0.2) is 0 Å². The summed E-state index contributed by atoms with van der Waals surface area (Å²) in [7, 11) is 0. The number of piperazine rings is 1. The van der Waals surface area contributed by atoms with Crippen molar-refractivity contribution in [2.24, 2.45) is 0 Å². The Morgan fingerprint density at radius 3 is 3.05 bits per heavy atom. The van der Waals surface area contributed by atoms with Crippen LogP contribution in [0.25, 0.3) is 0 Å². The zero-order chi connectivity index (χ0) is 13.4. The first-order valence-electron chi connectivity index (χ1n) is 6.74. The van der Waals surface area contributed by atoms with Gasteiger partial charge in [0.25, 0.3) is 0 Å². The highest BCUT2D eigenvalue weighted by atomic mass is 16.5. The molecule has 0 spiro atoms. The summed E-state index contributed by atoms with van der Waals surface area (Å²) in [6.07, 6.45) is 0.0872. The summed E-state index contributed by atoms with van der Waals surface area (Å²) in [5, 5.41) is 6.25. The number of benzene rings is 1. The van der Waals surface area contributed by atoms with Crippen LogP contribution in [-0.2, 0) is 4.79 Å². The molecule has 0 aromatic heterocycles. The summed E-state index contributed by atoms with van der Waals surface area (Å²) in [4.78, 5) is 14.3. The van der Waals surface area contributed by atoms with Crippen LogP contribution in [0.4, 0.5) is 11.4 Å². The fourth-order valence-corrected chi connectivity index (χ4v) is 2.67. The highest BCUT2D eigenvalue weighted by Gasteiger charge is 2.35. The van der Waals surface area contributed by atoms with Crippen molar-refractivity contribution in [1.82, 2.24) is 5.32 Å². The van der Waals surface area contributed by atoms with Crippen LogP contribution in [0.3, 0.4) is 0 Å². The van der Waals surface area contributed by atoms with Gasteiger partial charge in [-0.2, -0.15) is 0 Å². The summed E-state index contributed by atoms with van der Waals surface area (Å²) in [6, 6.07) is 5.81. The molecule has 0 bridgehead atoms. The maximum Gasteiger partial charge on any atom is 0.248 e. The lowest BCUT2D eigenvalue weighted by Gasteiger charge is -2.41. The number of carbonyl (C=O) groups excluding carboxylic acids is 1. The third-order valence-electron chi connectivity index (χ3n) is 3.47. The van der Waals surface area contributed by atoms with Gasteiger partial charge in [-0.1, -0.05) is 6.07 Å². The third-order valence-corrected chi connectivity index (χ3v) is 3.47. The molecule has 1 atom stereocenters. The van der Waals surface area contributed by atoms with E-state index >= 15 is 0 Å². The Bertz CT molecular complexity index is 501. The Hall–Kier alpha value is -1.75. The highest BCUT2D eigenvalue weighted by Crippen LogP contribution is 2.39. The van der Waals surface area contributed by atoms with Crippen molar-refractivity contribution >= 4 is 17.3 Å². The number of anilines is 2.